The molecule has 6 heteroatoms. The molecule has 20 heavy (non-hydrogen) atoms. The zero-order valence-electron chi connectivity index (χ0n) is 10.2. The Morgan fingerprint density at radius 3 is 2.70 bits per heavy atom. The van der Waals surface area contributed by atoms with E-state index in [4.69, 9.17) is 33.7 Å². The van der Waals surface area contributed by atoms with E-state index < -0.39 is 0 Å². The second kappa shape index (κ2) is 5.15. The van der Waals surface area contributed by atoms with E-state index in [1.807, 2.05) is 12.1 Å². The van der Waals surface area contributed by atoms with E-state index in [1.165, 1.54) is 6.20 Å². The molecule has 3 rings (SSSR count). The van der Waals surface area contributed by atoms with Gasteiger partial charge in [-0.3, -0.25) is 4.98 Å². The summed E-state index contributed by atoms with van der Waals surface area (Å²) in [6.07, 6.45) is 3.15. The molecular weight excluding hydrogens is 297 g/mol. The summed E-state index contributed by atoms with van der Waals surface area (Å²) in [4.78, 5) is 8.34. The van der Waals surface area contributed by atoms with Crippen LogP contribution in [0, 0.1) is 0 Å². The molecule has 2 aromatic heterocycles. The van der Waals surface area contributed by atoms with Gasteiger partial charge in [0.25, 0.3) is 0 Å². The number of nitrogen functional groups attached to an aromatic ring is 1. The van der Waals surface area contributed by atoms with Crippen LogP contribution in [-0.4, -0.2) is 9.97 Å². The van der Waals surface area contributed by atoms with E-state index in [9.17, 15) is 0 Å². The number of hydrogen-bond donors (Lipinski definition) is 1. The number of ether oxygens (including phenoxy) is 1. The number of benzene rings is 1. The molecule has 0 radical (unpaired) electrons. The third kappa shape index (κ3) is 2.35. The fraction of sp³-hybridized carbons (Fsp3) is 0. The first-order valence-corrected chi connectivity index (χ1v) is 6.53. The maximum absolute atomic E-state index is 6.13. The zero-order chi connectivity index (χ0) is 14.1. The van der Waals surface area contributed by atoms with Crippen LogP contribution in [0.15, 0.2) is 42.7 Å². The molecule has 0 saturated carbocycles. The minimum absolute atomic E-state index is 0.273. The van der Waals surface area contributed by atoms with Gasteiger partial charge in [-0.05, 0) is 30.3 Å². The van der Waals surface area contributed by atoms with Gasteiger partial charge in [-0.15, -0.1) is 0 Å². The van der Waals surface area contributed by atoms with Gasteiger partial charge in [0.05, 0.1) is 16.9 Å². The summed E-state index contributed by atoms with van der Waals surface area (Å²) in [5.74, 6) is 0.805. The second-order valence-corrected chi connectivity index (χ2v) is 4.92. The highest BCUT2D eigenvalue weighted by Crippen LogP contribution is 2.34. The molecule has 2 N–H and O–H groups in total. The van der Waals surface area contributed by atoms with E-state index in [2.05, 4.69) is 9.97 Å². The highest BCUT2D eigenvalue weighted by Gasteiger charge is 2.10. The van der Waals surface area contributed by atoms with Gasteiger partial charge < -0.3 is 10.5 Å². The minimum Gasteiger partial charge on any atom is -0.435 e. The molecule has 100 valence electrons. The van der Waals surface area contributed by atoms with E-state index in [1.54, 1.807) is 24.4 Å². The molecule has 2 heterocycles. The van der Waals surface area contributed by atoms with Crippen molar-refractivity contribution in [1.82, 2.24) is 9.97 Å². The van der Waals surface area contributed by atoms with Crippen molar-refractivity contribution in [2.45, 2.75) is 0 Å². The average Bonchev–Trinajstić information content (AvgIpc) is 2.45. The van der Waals surface area contributed by atoms with Gasteiger partial charge in [0.2, 0.25) is 5.88 Å². The summed E-state index contributed by atoms with van der Waals surface area (Å²) in [7, 11) is 0. The Kier molecular flexibility index (Phi) is 3.34. The Morgan fingerprint density at radius 1 is 1.05 bits per heavy atom. The van der Waals surface area contributed by atoms with Gasteiger partial charge in [0.1, 0.15) is 10.5 Å². The third-order valence-electron chi connectivity index (χ3n) is 2.71. The van der Waals surface area contributed by atoms with E-state index >= 15 is 0 Å². The molecule has 0 saturated heterocycles. The molecule has 0 unspecified atom stereocenters. The lowest BCUT2D eigenvalue weighted by Gasteiger charge is -2.09. The van der Waals surface area contributed by atoms with Crippen molar-refractivity contribution in [1.29, 1.82) is 0 Å². The predicted octanol–water partition coefficient (Wildman–Crippen LogP) is 4.31. The van der Waals surface area contributed by atoms with Gasteiger partial charge in [-0.25, -0.2) is 4.98 Å². The quantitative estimate of drug-likeness (QED) is 0.766. The van der Waals surface area contributed by atoms with Gasteiger partial charge in [0.15, 0.2) is 5.75 Å². The van der Waals surface area contributed by atoms with Crippen LogP contribution in [0.2, 0.25) is 10.0 Å². The monoisotopic (exact) mass is 305 g/mol. The standard InChI is InChI=1S/C14H9Cl2N3O/c15-10-3-4-12(13-9(10)2-1-5-18-13)20-14-11(16)6-8(17)7-19-14/h1-7H,17H2. The topological polar surface area (TPSA) is 61.0 Å². The van der Waals surface area contributed by atoms with Gasteiger partial charge in [-0.2, -0.15) is 0 Å². The summed E-state index contributed by atoms with van der Waals surface area (Å²) < 4.78 is 5.71. The normalized spacial score (nSPS) is 10.7. The number of fused-ring (bicyclic) bond motifs is 1. The molecule has 0 bridgehead atoms. The number of anilines is 1. The van der Waals surface area contributed by atoms with Crippen molar-refractivity contribution >= 4 is 39.8 Å². The Morgan fingerprint density at radius 2 is 1.90 bits per heavy atom. The molecular formula is C14H9Cl2N3O. The predicted molar refractivity (Wildman–Crippen MR) is 80.5 cm³/mol. The minimum atomic E-state index is 0.273. The molecule has 0 spiro atoms. The van der Waals surface area contributed by atoms with E-state index in [-0.39, 0.29) is 5.88 Å². The fourth-order valence-corrected chi connectivity index (χ4v) is 2.24. The number of aromatic nitrogens is 2. The van der Waals surface area contributed by atoms with Gasteiger partial charge in [0, 0.05) is 11.6 Å². The van der Waals surface area contributed by atoms with E-state index in [0.29, 0.717) is 27.0 Å². The smallest absolute Gasteiger partial charge is 0.238 e. The summed E-state index contributed by atoms with van der Waals surface area (Å²) in [6.45, 7) is 0. The molecule has 3 aromatic rings. The lowest BCUT2D eigenvalue weighted by atomic mass is 10.2. The van der Waals surface area contributed by atoms with Gasteiger partial charge in [-0.1, -0.05) is 23.2 Å². The summed E-state index contributed by atoms with van der Waals surface area (Å²) in [5.41, 5.74) is 6.72. The maximum atomic E-state index is 6.13. The van der Waals surface area contributed by atoms with Crippen molar-refractivity contribution in [3.05, 3.63) is 52.8 Å². The van der Waals surface area contributed by atoms with Gasteiger partial charge >= 0.3 is 0 Å². The molecule has 0 atom stereocenters. The summed E-state index contributed by atoms with van der Waals surface area (Å²) in [5, 5.41) is 1.75. The number of pyridine rings is 2. The zero-order valence-corrected chi connectivity index (χ0v) is 11.7. The summed E-state index contributed by atoms with van der Waals surface area (Å²) in [6, 6.07) is 8.73. The van der Waals surface area contributed by atoms with Crippen LogP contribution >= 0.6 is 23.2 Å². The molecule has 0 aliphatic rings. The lowest BCUT2D eigenvalue weighted by Crippen LogP contribution is -1.93. The SMILES string of the molecule is Nc1cnc(Oc2ccc(Cl)c3cccnc23)c(Cl)c1. The number of rotatable bonds is 2. The maximum Gasteiger partial charge on any atom is 0.238 e. The van der Waals surface area contributed by atoms with Crippen molar-refractivity contribution in [2.75, 3.05) is 5.73 Å². The second-order valence-electron chi connectivity index (χ2n) is 4.10. The molecule has 0 aliphatic heterocycles. The first kappa shape index (κ1) is 13.0. The highest BCUT2D eigenvalue weighted by molar-refractivity contribution is 6.35. The highest BCUT2D eigenvalue weighted by atomic mass is 35.5. The van der Waals surface area contributed by atoms with Crippen LogP contribution < -0.4 is 10.5 Å². The Labute approximate surface area is 125 Å². The lowest BCUT2D eigenvalue weighted by molar-refractivity contribution is 0.467. The first-order chi connectivity index (χ1) is 9.65. The van der Waals surface area contributed by atoms with Crippen LogP contribution in [0.25, 0.3) is 10.9 Å². The van der Waals surface area contributed by atoms with Crippen LogP contribution in [-0.2, 0) is 0 Å². The van der Waals surface area contributed by atoms with Crippen molar-refractivity contribution in [3.63, 3.8) is 0 Å². The summed E-state index contributed by atoms with van der Waals surface area (Å²) >= 11 is 12.2. The van der Waals surface area contributed by atoms with Crippen LogP contribution in [0.1, 0.15) is 0 Å². The van der Waals surface area contributed by atoms with Crippen molar-refractivity contribution in [3.8, 4) is 11.6 Å². The molecule has 0 fully saturated rings. The van der Waals surface area contributed by atoms with E-state index in [0.717, 1.165) is 5.39 Å². The van der Waals surface area contributed by atoms with Crippen molar-refractivity contribution in [2.24, 2.45) is 0 Å². The molecule has 1 aromatic carbocycles. The Hall–Kier alpha value is -2.04. The number of nitrogens with zero attached hydrogens (tertiary/aromatic N) is 2. The Bertz CT molecular complexity index is 792. The number of hydrogen-bond acceptors (Lipinski definition) is 4. The molecule has 0 amide bonds. The average molecular weight is 306 g/mol. The molecule has 0 aliphatic carbocycles. The fourth-order valence-electron chi connectivity index (χ4n) is 1.81. The number of nitrogens with two attached hydrogens (primary N) is 1. The Balaban J connectivity index is 2.09. The van der Waals surface area contributed by atoms with Crippen LogP contribution in [0.4, 0.5) is 5.69 Å². The van der Waals surface area contributed by atoms with Crippen LogP contribution in [0.3, 0.4) is 0 Å². The number of halogens is 2. The first-order valence-electron chi connectivity index (χ1n) is 5.77. The van der Waals surface area contributed by atoms with Crippen molar-refractivity contribution < 1.29 is 4.74 Å². The van der Waals surface area contributed by atoms with Crippen LogP contribution in [0.5, 0.6) is 11.6 Å². The largest absolute Gasteiger partial charge is 0.435 e. The molecule has 4 nitrogen and oxygen atoms in total. The third-order valence-corrected chi connectivity index (χ3v) is 3.32.